The average Bonchev–Trinajstić information content (AvgIpc) is 2.58. The molecule has 1 heterocycles. The Hall–Kier alpha value is -2.37. The summed E-state index contributed by atoms with van der Waals surface area (Å²) in [5.41, 5.74) is 0.204. The molecule has 0 aliphatic carbocycles. The lowest BCUT2D eigenvalue weighted by molar-refractivity contribution is -0.128. The van der Waals surface area contributed by atoms with Crippen molar-refractivity contribution in [1.82, 2.24) is 5.32 Å². The molecule has 1 saturated heterocycles. The van der Waals surface area contributed by atoms with Crippen molar-refractivity contribution in [1.29, 1.82) is 0 Å². The summed E-state index contributed by atoms with van der Waals surface area (Å²) >= 11 is 0. The number of benzene rings is 1. The predicted molar refractivity (Wildman–Crippen MR) is 55.1 cm³/mol. The highest BCUT2D eigenvalue weighted by atomic mass is 16.5. The predicted octanol–water partition coefficient (Wildman–Crippen LogP) is -0.0359. The number of imide groups is 1. The molecule has 1 aliphatic rings. The lowest BCUT2D eigenvalue weighted by atomic mass is 10.2. The number of hydrogen-bond acceptors (Lipinski definition) is 5. The summed E-state index contributed by atoms with van der Waals surface area (Å²) in [5.74, 6) is -1.75. The molecule has 0 saturated carbocycles. The Kier molecular flexibility index (Phi) is 2.78. The molecule has 6 nitrogen and oxygen atoms in total. The first-order valence-electron chi connectivity index (χ1n) is 4.90. The normalized spacial score (nSPS) is 18.9. The molecule has 0 spiro atoms. The number of carbonyl (C=O) groups is 3. The Morgan fingerprint density at radius 2 is 1.94 bits per heavy atom. The van der Waals surface area contributed by atoms with Gasteiger partial charge in [0.1, 0.15) is 5.75 Å². The third-order valence-corrected chi connectivity index (χ3v) is 2.28. The molecule has 0 bridgehead atoms. The maximum atomic E-state index is 11.6. The van der Waals surface area contributed by atoms with Crippen LogP contribution in [0.3, 0.4) is 0 Å². The van der Waals surface area contributed by atoms with Crippen LogP contribution in [-0.4, -0.2) is 29.0 Å². The van der Waals surface area contributed by atoms with Gasteiger partial charge in [-0.05, 0) is 24.3 Å². The number of rotatable bonds is 2. The van der Waals surface area contributed by atoms with Gasteiger partial charge in [0.25, 0.3) is 5.91 Å². The highest BCUT2D eigenvalue weighted by Crippen LogP contribution is 2.13. The van der Waals surface area contributed by atoms with Crippen molar-refractivity contribution < 1.29 is 24.2 Å². The van der Waals surface area contributed by atoms with E-state index in [0.717, 1.165) is 0 Å². The molecule has 1 atom stereocenters. The zero-order valence-corrected chi connectivity index (χ0v) is 8.67. The molecule has 2 amide bonds. The van der Waals surface area contributed by atoms with Gasteiger partial charge >= 0.3 is 5.97 Å². The maximum Gasteiger partial charge on any atom is 0.338 e. The first-order valence-corrected chi connectivity index (χ1v) is 4.90. The third kappa shape index (κ3) is 2.41. The molecule has 2 N–H and O–H groups in total. The van der Waals surface area contributed by atoms with Gasteiger partial charge in [-0.3, -0.25) is 14.9 Å². The van der Waals surface area contributed by atoms with E-state index in [2.05, 4.69) is 0 Å². The fourth-order valence-electron chi connectivity index (χ4n) is 1.42. The van der Waals surface area contributed by atoms with Crippen LogP contribution in [0.4, 0.5) is 0 Å². The molecule has 6 heteroatoms. The van der Waals surface area contributed by atoms with E-state index in [1.165, 1.54) is 24.3 Å². The summed E-state index contributed by atoms with van der Waals surface area (Å²) in [7, 11) is 0. The van der Waals surface area contributed by atoms with Gasteiger partial charge in [-0.2, -0.15) is 0 Å². The molecule has 1 aliphatic heterocycles. The largest absolute Gasteiger partial charge is 0.508 e. The lowest BCUT2D eigenvalue weighted by Gasteiger charge is -2.08. The van der Waals surface area contributed by atoms with Gasteiger partial charge in [0, 0.05) is 0 Å². The van der Waals surface area contributed by atoms with Gasteiger partial charge in [0.15, 0.2) is 6.10 Å². The van der Waals surface area contributed by atoms with E-state index in [4.69, 9.17) is 9.84 Å². The number of hydrogen-bond donors (Lipinski definition) is 2. The highest BCUT2D eigenvalue weighted by Gasteiger charge is 2.33. The molecule has 0 radical (unpaired) electrons. The van der Waals surface area contributed by atoms with Crippen molar-refractivity contribution in [2.45, 2.75) is 12.5 Å². The second-order valence-corrected chi connectivity index (χ2v) is 3.56. The number of nitrogens with one attached hydrogen (secondary N) is 1. The quantitative estimate of drug-likeness (QED) is 0.554. The Balaban J connectivity index is 2.04. The topological polar surface area (TPSA) is 92.7 Å². The molecule has 17 heavy (non-hydrogen) atoms. The lowest BCUT2D eigenvalue weighted by Crippen LogP contribution is -2.28. The van der Waals surface area contributed by atoms with Crippen molar-refractivity contribution in [3.8, 4) is 5.75 Å². The van der Waals surface area contributed by atoms with E-state index < -0.39 is 23.9 Å². The van der Waals surface area contributed by atoms with Crippen molar-refractivity contribution in [3.63, 3.8) is 0 Å². The number of amides is 2. The summed E-state index contributed by atoms with van der Waals surface area (Å²) < 4.78 is 4.87. The van der Waals surface area contributed by atoms with Crippen LogP contribution >= 0.6 is 0 Å². The zero-order valence-electron chi connectivity index (χ0n) is 8.67. The zero-order chi connectivity index (χ0) is 12.4. The number of phenols is 1. The van der Waals surface area contributed by atoms with Crippen LogP contribution in [0.2, 0.25) is 0 Å². The molecule has 88 valence electrons. The standard InChI is InChI=1S/C11H9NO5/c13-7-3-1-6(2-4-7)11(16)17-8-5-9(14)12-10(8)15/h1-4,8,13H,5H2,(H,12,14,15). The van der Waals surface area contributed by atoms with Gasteiger partial charge in [0.2, 0.25) is 5.91 Å². The molecule has 1 fully saturated rings. The van der Waals surface area contributed by atoms with Gasteiger partial charge < -0.3 is 9.84 Å². The number of ether oxygens (including phenoxy) is 1. The van der Waals surface area contributed by atoms with Crippen LogP contribution in [-0.2, 0) is 14.3 Å². The Morgan fingerprint density at radius 3 is 2.47 bits per heavy atom. The summed E-state index contributed by atoms with van der Waals surface area (Å²) in [6.07, 6.45) is -1.22. The first kappa shape index (κ1) is 11.1. The summed E-state index contributed by atoms with van der Waals surface area (Å²) in [6.45, 7) is 0. The Bertz CT molecular complexity index is 479. The monoisotopic (exact) mass is 235 g/mol. The maximum absolute atomic E-state index is 11.6. The Labute approximate surface area is 96.2 Å². The first-order chi connectivity index (χ1) is 8.06. The van der Waals surface area contributed by atoms with Crippen LogP contribution in [0, 0.1) is 0 Å². The number of aromatic hydroxyl groups is 1. The van der Waals surface area contributed by atoms with E-state index in [-0.39, 0.29) is 17.7 Å². The summed E-state index contributed by atoms with van der Waals surface area (Å²) in [5, 5.41) is 11.1. The van der Waals surface area contributed by atoms with Crippen molar-refractivity contribution >= 4 is 17.8 Å². The van der Waals surface area contributed by atoms with Crippen LogP contribution in [0.15, 0.2) is 24.3 Å². The molecule has 2 rings (SSSR count). The third-order valence-electron chi connectivity index (χ3n) is 2.28. The number of esters is 1. The fraction of sp³-hybridized carbons (Fsp3) is 0.182. The molecule has 1 aromatic rings. The van der Waals surface area contributed by atoms with Gasteiger partial charge in [-0.1, -0.05) is 0 Å². The van der Waals surface area contributed by atoms with Crippen LogP contribution in [0.25, 0.3) is 0 Å². The second kappa shape index (κ2) is 4.25. The van der Waals surface area contributed by atoms with E-state index >= 15 is 0 Å². The van der Waals surface area contributed by atoms with E-state index in [1.54, 1.807) is 0 Å². The summed E-state index contributed by atoms with van der Waals surface area (Å²) in [6, 6.07) is 5.39. The molecule has 1 aromatic carbocycles. The SMILES string of the molecule is O=C1CC(OC(=O)c2ccc(O)cc2)C(=O)N1. The van der Waals surface area contributed by atoms with E-state index in [9.17, 15) is 14.4 Å². The number of carbonyl (C=O) groups excluding carboxylic acids is 3. The molecular weight excluding hydrogens is 226 g/mol. The summed E-state index contributed by atoms with van der Waals surface area (Å²) in [4.78, 5) is 33.6. The molecule has 1 unspecified atom stereocenters. The molecular formula is C11H9NO5. The van der Waals surface area contributed by atoms with Crippen LogP contribution in [0.5, 0.6) is 5.75 Å². The highest BCUT2D eigenvalue weighted by molar-refractivity contribution is 6.06. The smallest absolute Gasteiger partial charge is 0.338 e. The van der Waals surface area contributed by atoms with Gasteiger partial charge in [-0.15, -0.1) is 0 Å². The minimum Gasteiger partial charge on any atom is -0.508 e. The van der Waals surface area contributed by atoms with E-state index in [0.29, 0.717) is 0 Å². The van der Waals surface area contributed by atoms with Crippen molar-refractivity contribution in [2.24, 2.45) is 0 Å². The van der Waals surface area contributed by atoms with Gasteiger partial charge in [-0.25, -0.2) is 4.79 Å². The Morgan fingerprint density at radius 1 is 1.29 bits per heavy atom. The van der Waals surface area contributed by atoms with E-state index in [1.807, 2.05) is 5.32 Å². The number of phenolic OH excluding ortho intramolecular Hbond substituents is 1. The average molecular weight is 235 g/mol. The minimum atomic E-state index is -1.07. The van der Waals surface area contributed by atoms with Crippen LogP contribution < -0.4 is 5.32 Å². The van der Waals surface area contributed by atoms with Crippen LogP contribution in [0.1, 0.15) is 16.8 Å². The van der Waals surface area contributed by atoms with Crippen molar-refractivity contribution in [3.05, 3.63) is 29.8 Å². The van der Waals surface area contributed by atoms with Crippen molar-refractivity contribution in [2.75, 3.05) is 0 Å². The fourth-order valence-corrected chi connectivity index (χ4v) is 1.42. The second-order valence-electron chi connectivity index (χ2n) is 3.56. The van der Waals surface area contributed by atoms with Gasteiger partial charge in [0.05, 0.1) is 12.0 Å². The minimum absolute atomic E-state index is 0.0235. The molecule has 0 aromatic heterocycles.